The summed E-state index contributed by atoms with van der Waals surface area (Å²) in [6.07, 6.45) is 11.5. The van der Waals surface area contributed by atoms with E-state index in [9.17, 15) is 18.6 Å². The monoisotopic (exact) mass is 772 g/mol. The number of pyridine rings is 2. The maximum absolute atomic E-state index is 12.2. The molecule has 7 rings (SSSR count). The minimum atomic E-state index is -3.63. The highest BCUT2D eigenvalue weighted by Crippen LogP contribution is 2.36. The number of phenolic OH excluding ortho intramolecular Hbond substituents is 1. The van der Waals surface area contributed by atoms with E-state index in [1.165, 1.54) is 12.1 Å². The number of nitrogen functional groups attached to an aromatic ring is 1. The number of aliphatic hydroxyl groups excluding tert-OH is 1. The second-order valence-corrected chi connectivity index (χ2v) is 17.4. The molecule has 4 aromatic heterocycles. The van der Waals surface area contributed by atoms with Crippen LogP contribution in [0, 0.1) is 5.92 Å². The molecule has 1 aliphatic heterocycles. The number of aromatic nitrogens is 6. The van der Waals surface area contributed by atoms with Crippen LogP contribution in [0.5, 0.6) is 11.8 Å². The Balaban J connectivity index is 1.09. The number of rotatable bonds is 10. The standard InChI is InChI=1S/C38H48N10O6S/c1-38(2,3)47-36-43-18-27-32(45-36)25(21-6-11-31(29(49)14-21)55(5,51)52)16-42-35(27)41-15-22-12-13-48(20-30(22)50)28-19-40-34(39)26-17-44-37(46-33(26)28)54-24-9-7-23(53-4)8-10-24/h6,11,14,16-19,22-24,30,49-50H,7-10,12-13,15,20H2,1-5H3,(H2,39,40)(H,41,42)(H,43,45,47)/t22-,23?,24?,30+/m0/s1. The third-order valence-electron chi connectivity index (χ3n) is 10.2. The van der Waals surface area contributed by atoms with E-state index in [4.69, 9.17) is 30.2 Å². The third-order valence-corrected chi connectivity index (χ3v) is 11.4. The summed E-state index contributed by atoms with van der Waals surface area (Å²) in [5, 5.41) is 30.0. The van der Waals surface area contributed by atoms with Gasteiger partial charge in [-0.25, -0.2) is 33.3 Å². The molecule has 1 saturated carbocycles. The lowest BCUT2D eigenvalue weighted by Gasteiger charge is -2.37. The Labute approximate surface area is 319 Å². The molecule has 1 aromatic carbocycles. The van der Waals surface area contributed by atoms with Crippen LogP contribution in [0.15, 0.2) is 47.9 Å². The van der Waals surface area contributed by atoms with E-state index in [0.717, 1.165) is 37.6 Å². The van der Waals surface area contributed by atoms with Crippen LogP contribution >= 0.6 is 0 Å². The van der Waals surface area contributed by atoms with Crippen molar-refractivity contribution >= 4 is 54.9 Å². The SMILES string of the molecule is COC1CCC(Oc2ncc3c(N)ncc(N4CC[C@@H](CNc5ncc(-c6ccc(S(C)(=O)=O)c(O)c6)c6nc(NC(C)(C)C)ncc56)[C@H](O)C4)c3n2)CC1. The predicted molar refractivity (Wildman–Crippen MR) is 211 cm³/mol. The van der Waals surface area contributed by atoms with Gasteiger partial charge in [0.05, 0.1) is 40.4 Å². The number of phenols is 1. The number of methoxy groups -OCH3 is 1. The number of nitrogens with one attached hydrogen (secondary N) is 2. The first-order chi connectivity index (χ1) is 26.2. The van der Waals surface area contributed by atoms with Crippen molar-refractivity contribution in [2.24, 2.45) is 5.92 Å². The fraction of sp³-hybridized carbons (Fsp3) is 0.474. The number of aromatic hydroxyl groups is 1. The van der Waals surface area contributed by atoms with Crippen molar-refractivity contribution < 1.29 is 28.1 Å². The highest BCUT2D eigenvalue weighted by atomic mass is 32.2. The van der Waals surface area contributed by atoms with E-state index in [0.29, 0.717) is 82.6 Å². The van der Waals surface area contributed by atoms with E-state index in [1.54, 1.807) is 38.0 Å². The molecule has 1 saturated heterocycles. The van der Waals surface area contributed by atoms with Crippen LogP contribution in [-0.2, 0) is 14.6 Å². The van der Waals surface area contributed by atoms with Gasteiger partial charge in [-0.2, -0.15) is 4.98 Å². The number of sulfone groups is 1. The molecule has 0 amide bonds. The average Bonchev–Trinajstić information content (AvgIpc) is 3.13. The number of fused-ring (bicyclic) bond motifs is 2. The molecule has 292 valence electrons. The lowest BCUT2D eigenvalue weighted by molar-refractivity contribution is 0.0301. The van der Waals surface area contributed by atoms with E-state index in [-0.39, 0.29) is 34.3 Å². The number of hydrogen-bond acceptors (Lipinski definition) is 16. The van der Waals surface area contributed by atoms with Crippen molar-refractivity contribution in [3.8, 4) is 22.9 Å². The second-order valence-electron chi connectivity index (χ2n) is 15.4. The fourth-order valence-electron chi connectivity index (χ4n) is 7.26. The number of piperidine rings is 1. The second kappa shape index (κ2) is 15.2. The van der Waals surface area contributed by atoms with E-state index < -0.39 is 15.9 Å². The Hall–Kier alpha value is -5.13. The van der Waals surface area contributed by atoms with Crippen molar-refractivity contribution in [2.75, 3.05) is 54.3 Å². The van der Waals surface area contributed by atoms with Crippen molar-refractivity contribution in [1.29, 1.82) is 0 Å². The van der Waals surface area contributed by atoms with Gasteiger partial charge in [0.25, 0.3) is 0 Å². The smallest absolute Gasteiger partial charge is 0.317 e. The molecule has 2 atom stereocenters. The summed E-state index contributed by atoms with van der Waals surface area (Å²) in [6.45, 7) is 7.41. The van der Waals surface area contributed by atoms with Crippen LogP contribution in [0.1, 0.15) is 52.9 Å². The largest absolute Gasteiger partial charge is 0.507 e. The molecule has 5 aromatic rings. The van der Waals surface area contributed by atoms with E-state index >= 15 is 0 Å². The summed E-state index contributed by atoms with van der Waals surface area (Å²) in [5.41, 5.74) is 8.98. The number of aliphatic hydroxyl groups is 1. The molecule has 16 nitrogen and oxygen atoms in total. The third kappa shape index (κ3) is 8.43. The van der Waals surface area contributed by atoms with Crippen LogP contribution in [0.2, 0.25) is 0 Å². The Morgan fingerprint density at radius 2 is 1.69 bits per heavy atom. The van der Waals surface area contributed by atoms with Crippen LogP contribution in [-0.4, -0.2) is 105 Å². The molecule has 17 heteroatoms. The first kappa shape index (κ1) is 38.2. The molecule has 2 aliphatic rings. The highest BCUT2D eigenvalue weighted by molar-refractivity contribution is 7.90. The first-order valence-electron chi connectivity index (χ1n) is 18.4. The van der Waals surface area contributed by atoms with Crippen LogP contribution < -0.4 is 26.0 Å². The highest BCUT2D eigenvalue weighted by Gasteiger charge is 2.30. The van der Waals surface area contributed by atoms with Gasteiger partial charge >= 0.3 is 6.01 Å². The Bertz CT molecular complexity index is 2310. The molecule has 55 heavy (non-hydrogen) atoms. The van der Waals surface area contributed by atoms with Gasteiger partial charge < -0.3 is 41.0 Å². The van der Waals surface area contributed by atoms with E-state index in [1.807, 2.05) is 20.8 Å². The van der Waals surface area contributed by atoms with Gasteiger partial charge in [0, 0.05) is 68.6 Å². The van der Waals surface area contributed by atoms with Crippen molar-refractivity contribution in [3.63, 3.8) is 0 Å². The molecule has 6 N–H and O–H groups in total. The summed E-state index contributed by atoms with van der Waals surface area (Å²) < 4.78 is 36.0. The predicted octanol–water partition coefficient (Wildman–Crippen LogP) is 4.57. The zero-order valence-electron chi connectivity index (χ0n) is 31.7. The van der Waals surface area contributed by atoms with Gasteiger partial charge in [-0.15, -0.1) is 0 Å². The van der Waals surface area contributed by atoms with Gasteiger partial charge in [-0.05, 0) is 70.6 Å². The van der Waals surface area contributed by atoms with Crippen LogP contribution in [0.25, 0.3) is 32.9 Å². The maximum atomic E-state index is 12.2. The normalized spacial score (nSPS) is 20.8. The Morgan fingerprint density at radius 1 is 0.945 bits per heavy atom. The summed E-state index contributed by atoms with van der Waals surface area (Å²) in [4.78, 5) is 29.6. The summed E-state index contributed by atoms with van der Waals surface area (Å²) in [6, 6.07) is 4.69. The van der Waals surface area contributed by atoms with Gasteiger partial charge in [0.15, 0.2) is 9.84 Å². The molecule has 5 heterocycles. The van der Waals surface area contributed by atoms with Gasteiger partial charge in [0.1, 0.15) is 33.9 Å². The number of ether oxygens (including phenoxy) is 2. The van der Waals surface area contributed by atoms with Gasteiger partial charge in [-0.3, -0.25) is 0 Å². The van der Waals surface area contributed by atoms with E-state index in [2.05, 4.69) is 30.5 Å². The van der Waals surface area contributed by atoms with Crippen molar-refractivity contribution in [3.05, 3.63) is 43.0 Å². The number of anilines is 4. The first-order valence-corrected chi connectivity index (χ1v) is 20.3. The number of hydrogen-bond donors (Lipinski definition) is 5. The van der Waals surface area contributed by atoms with Crippen LogP contribution in [0.3, 0.4) is 0 Å². The molecule has 0 spiro atoms. The number of β-amino-alcohol motifs (C(OH)–C–C–N with tert-alkyl or cyclic N) is 1. The summed E-state index contributed by atoms with van der Waals surface area (Å²) in [7, 11) is -1.89. The Kier molecular flexibility index (Phi) is 10.5. The summed E-state index contributed by atoms with van der Waals surface area (Å²) >= 11 is 0. The average molecular weight is 773 g/mol. The molecule has 2 fully saturated rings. The van der Waals surface area contributed by atoms with Crippen molar-refractivity contribution in [1.82, 2.24) is 29.9 Å². The minimum absolute atomic E-state index is 0.00927. The summed E-state index contributed by atoms with van der Waals surface area (Å²) in [5.74, 6) is 0.786. The van der Waals surface area contributed by atoms with Crippen molar-refractivity contribution in [2.45, 2.75) is 81.6 Å². The molecular weight excluding hydrogens is 725 g/mol. The van der Waals surface area contributed by atoms with Crippen LogP contribution in [0.4, 0.5) is 23.3 Å². The number of benzene rings is 1. The van der Waals surface area contributed by atoms with Gasteiger partial charge in [-0.1, -0.05) is 6.07 Å². The fourth-order valence-corrected chi connectivity index (χ4v) is 8.02. The zero-order chi connectivity index (χ0) is 39.1. The molecule has 1 aliphatic carbocycles. The maximum Gasteiger partial charge on any atom is 0.317 e. The topological polar surface area (TPSA) is 224 Å². The number of nitrogens with zero attached hydrogens (tertiary/aromatic N) is 7. The molecule has 0 radical (unpaired) electrons. The lowest BCUT2D eigenvalue weighted by atomic mass is 9.93. The Morgan fingerprint density at radius 3 is 2.38 bits per heavy atom. The quantitative estimate of drug-likeness (QED) is 0.131. The minimum Gasteiger partial charge on any atom is -0.507 e. The molecular formula is C38H48N10O6S. The number of nitrogens with two attached hydrogens (primary N) is 1. The molecule has 0 unspecified atom stereocenters. The van der Waals surface area contributed by atoms with Gasteiger partial charge in [0.2, 0.25) is 5.95 Å². The zero-order valence-corrected chi connectivity index (χ0v) is 32.5. The lowest BCUT2D eigenvalue weighted by Crippen LogP contribution is -2.46. The molecule has 0 bridgehead atoms.